The molecule has 0 bridgehead atoms. The van der Waals surface area contributed by atoms with Crippen LogP contribution in [-0.4, -0.2) is 42.7 Å². The molecule has 1 aromatic heterocycles. The molecule has 1 saturated heterocycles. The van der Waals surface area contributed by atoms with E-state index in [1.807, 2.05) is 6.20 Å². The highest BCUT2D eigenvalue weighted by Gasteiger charge is 2.11. The van der Waals surface area contributed by atoms with Crippen molar-refractivity contribution in [3.8, 4) is 0 Å². The lowest BCUT2D eigenvalue weighted by Crippen LogP contribution is -2.43. The van der Waals surface area contributed by atoms with Gasteiger partial charge in [0.15, 0.2) is 0 Å². The second kappa shape index (κ2) is 5.46. The first-order chi connectivity index (χ1) is 7.90. The van der Waals surface area contributed by atoms with Gasteiger partial charge in [0.2, 0.25) is 0 Å². The maximum atomic E-state index is 4.39. The standard InChI is InChI=1S/C11H17N5/c1-2-3-13-10-8-15-11(9-14-10)16-6-4-12-5-7-16/h2,8-9,12H,1,3-7H2,(H,13,14). The largest absolute Gasteiger partial charge is 0.365 e. The number of nitrogens with zero attached hydrogens (tertiary/aromatic N) is 3. The summed E-state index contributed by atoms with van der Waals surface area (Å²) >= 11 is 0. The smallest absolute Gasteiger partial charge is 0.147 e. The molecule has 0 aliphatic carbocycles. The predicted molar refractivity (Wildman–Crippen MR) is 65.8 cm³/mol. The lowest BCUT2D eigenvalue weighted by atomic mass is 10.3. The van der Waals surface area contributed by atoms with E-state index in [1.54, 1.807) is 12.3 Å². The second-order valence-corrected chi connectivity index (χ2v) is 3.67. The van der Waals surface area contributed by atoms with Crippen molar-refractivity contribution in [2.24, 2.45) is 0 Å². The highest BCUT2D eigenvalue weighted by Crippen LogP contribution is 2.11. The van der Waals surface area contributed by atoms with E-state index in [0.29, 0.717) is 6.54 Å². The number of rotatable bonds is 4. The van der Waals surface area contributed by atoms with Crippen molar-refractivity contribution in [1.82, 2.24) is 15.3 Å². The van der Waals surface area contributed by atoms with Gasteiger partial charge in [0.25, 0.3) is 0 Å². The first kappa shape index (κ1) is 10.9. The highest BCUT2D eigenvalue weighted by molar-refractivity contribution is 5.42. The van der Waals surface area contributed by atoms with Gasteiger partial charge < -0.3 is 15.5 Å². The predicted octanol–water partition coefficient (Wildman–Crippen LogP) is 0.484. The maximum absolute atomic E-state index is 4.39. The molecule has 86 valence electrons. The number of anilines is 2. The second-order valence-electron chi connectivity index (χ2n) is 3.67. The third-order valence-corrected chi connectivity index (χ3v) is 2.51. The van der Waals surface area contributed by atoms with Crippen LogP contribution in [0, 0.1) is 0 Å². The molecule has 0 radical (unpaired) electrons. The average molecular weight is 219 g/mol. The molecular formula is C11H17N5. The fraction of sp³-hybridized carbons (Fsp3) is 0.455. The van der Waals surface area contributed by atoms with Gasteiger partial charge in [0.05, 0.1) is 12.4 Å². The van der Waals surface area contributed by atoms with E-state index in [4.69, 9.17) is 0 Å². The molecule has 0 atom stereocenters. The molecule has 1 aromatic rings. The van der Waals surface area contributed by atoms with Crippen LogP contribution in [0.2, 0.25) is 0 Å². The summed E-state index contributed by atoms with van der Waals surface area (Å²) in [6.45, 7) is 8.36. The fourth-order valence-electron chi connectivity index (χ4n) is 1.65. The molecule has 5 nitrogen and oxygen atoms in total. The van der Waals surface area contributed by atoms with E-state index >= 15 is 0 Å². The van der Waals surface area contributed by atoms with E-state index in [-0.39, 0.29) is 0 Å². The Morgan fingerprint density at radius 1 is 1.38 bits per heavy atom. The number of piperazine rings is 1. The molecule has 2 rings (SSSR count). The normalized spacial score (nSPS) is 15.9. The lowest BCUT2D eigenvalue weighted by molar-refractivity contribution is 0.584. The van der Waals surface area contributed by atoms with Crippen molar-refractivity contribution in [2.45, 2.75) is 0 Å². The summed E-state index contributed by atoms with van der Waals surface area (Å²) in [5.41, 5.74) is 0. The van der Waals surface area contributed by atoms with Crippen molar-refractivity contribution in [2.75, 3.05) is 42.9 Å². The summed E-state index contributed by atoms with van der Waals surface area (Å²) in [5.74, 6) is 1.74. The molecule has 1 fully saturated rings. The van der Waals surface area contributed by atoms with Crippen molar-refractivity contribution >= 4 is 11.6 Å². The summed E-state index contributed by atoms with van der Waals surface area (Å²) in [7, 11) is 0. The molecule has 0 unspecified atom stereocenters. The van der Waals surface area contributed by atoms with E-state index in [9.17, 15) is 0 Å². The molecule has 0 aromatic carbocycles. The van der Waals surface area contributed by atoms with Crippen molar-refractivity contribution in [3.05, 3.63) is 25.0 Å². The number of hydrogen-bond donors (Lipinski definition) is 2. The quantitative estimate of drug-likeness (QED) is 0.722. The van der Waals surface area contributed by atoms with Gasteiger partial charge in [-0.25, -0.2) is 9.97 Å². The number of aromatic nitrogens is 2. The summed E-state index contributed by atoms with van der Waals surface area (Å²) < 4.78 is 0. The van der Waals surface area contributed by atoms with Gasteiger partial charge in [-0.15, -0.1) is 6.58 Å². The van der Waals surface area contributed by atoms with E-state index < -0.39 is 0 Å². The first-order valence-electron chi connectivity index (χ1n) is 5.52. The Labute approximate surface area is 95.6 Å². The van der Waals surface area contributed by atoms with Gasteiger partial charge in [-0.2, -0.15) is 0 Å². The topological polar surface area (TPSA) is 53.1 Å². The molecule has 1 aliphatic heterocycles. The number of nitrogens with one attached hydrogen (secondary N) is 2. The molecule has 0 saturated carbocycles. The summed E-state index contributed by atoms with van der Waals surface area (Å²) in [6.07, 6.45) is 5.38. The minimum atomic E-state index is 0.710. The molecule has 2 heterocycles. The van der Waals surface area contributed by atoms with Crippen LogP contribution >= 0.6 is 0 Å². The zero-order chi connectivity index (χ0) is 11.2. The number of hydrogen-bond acceptors (Lipinski definition) is 5. The fourth-order valence-corrected chi connectivity index (χ4v) is 1.65. The van der Waals surface area contributed by atoms with Crippen molar-refractivity contribution in [3.63, 3.8) is 0 Å². The average Bonchev–Trinajstić information content (AvgIpc) is 2.38. The van der Waals surface area contributed by atoms with Crippen LogP contribution in [0.25, 0.3) is 0 Å². The summed E-state index contributed by atoms with van der Waals surface area (Å²) in [6, 6.07) is 0. The highest BCUT2D eigenvalue weighted by atomic mass is 15.2. The minimum absolute atomic E-state index is 0.710. The Hall–Kier alpha value is -1.62. The van der Waals surface area contributed by atoms with Crippen LogP contribution in [0.5, 0.6) is 0 Å². The van der Waals surface area contributed by atoms with Crippen LogP contribution in [0.15, 0.2) is 25.0 Å². The van der Waals surface area contributed by atoms with E-state index in [2.05, 4.69) is 32.1 Å². The Morgan fingerprint density at radius 3 is 2.81 bits per heavy atom. The van der Waals surface area contributed by atoms with Gasteiger partial charge in [0.1, 0.15) is 11.6 Å². The Balaban J connectivity index is 1.97. The molecule has 0 amide bonds. The Bertz CT molecular complexity index is 329. The molecule has 16 heavy (non-hydrogen) atoms. The Kier molecular flexibility index (Phi) is 3.71. The van der Waals surface area contributed by atoms with Crippen LogP contribution < -0.4 is 15.5 Å². The molecule has 2 N–H and O–H groups in total. The van der Waals surface area contributed by atoms with Crippen LogP contribution in [0.3, 0.4) is 0 Å². The maximum Gasteiger partial charge on any atom is 0.147 e. The van der Waals surface area contributed by atoms with Crippen LogP contribution in [0.1, 0.15) is 0 Å². The third-order valence-electron chi connectivity index (χ3n) is 2.51. The zero-order valence-electron chi connectivity index (χ0n) is 9.32. The molecule has 0 spiro atoms. The minimum Gasteiger partial charge on any atom is -0.365 e. The van der Waals surface area contributed by atoms with Gasteiger partial charge in [-0.1, -0.05) is 6.08 Å². The van der Waals surface area contributed by atoms with Crippen LogP contribution in [0.4, 0.5) is 11.6 Å². The first-order valence-corrected chi connectivity index (χ1v) is 5.52. The summed E-state index contributed by atoms with van der Waals surface area (Å²) in [4.78, 5) is 10.9. The van der Waals surface area contributed by atoms with Crippen molar-refractivity contribution < 1.29 is 0 Å². The molecule has 5 heteroatoms. The van der Waals surface area contributed by atoms with E-state index in [0.717, 1.165) is 37.8 Å². The van der Waals surface area contributed by atoms with E-state index in [1.165, 1.54) is 0 Å². The van der Waals surface area contributed by atoms with Crippen molar-refractivity contribution in [1.29, 1.82) is 0 Å². The van der Waals surface area contributed by atoms with Gasteiger partial charge in [-0.3, -0.25) is 0 Å². The van der Waals surface area contributed by atoms with Gasteiger partial charge >= 0.3 is 0 Å². The molecular weight excluding hydrogens is 202 g/mol. The molecule has 1 aliphatic rings. The van der Waals surface area contributed by atoms with Crippen LogP contribution in [-0.2, 0) is 0 Å². The van der Waals surface area contributed by atoms with Gasteiger partial charge in [-0.05, 0) is 0 Å². The summed E-state index contributed by atoms with van der Waals surface area (Å²) in [5, 5.41) is 6.41. The zero-order valence-corrected chi connectivity index (χ0v) is 9.32. The lowest BCUT2D eigenvalue weighted by Gasteiger charge is -2.28. The SMILES string of the molecule is C=CCNc1cnc(N2CCNCC2)cn1. The Morgan fingerprint density at radius 2 is 2.19 bits per heavy atom. The monoisotopic (exact) mass is 219 g/mol. The van der Waals surface area contributed by atoms with Gasteiger partial charge in [0, 0.05) is 32.7 Å². The third kappa shape index (κ3) is 2.70.